The zero-order chi connectivity index (χ0) is 34.8. The van der Waals surface area contributed by atoms with Crippen molar-refractivity contribution < 1.29 is 0 Å². The van der Waals surface area contributed by atoms with Gasteiger partial charge in [-0.1, -0.05) is 166 Å². The molecule has 0 fully saturated rings. The molecule has 0 N–H and O–H groups in total. The number of anilines is 3. The minimum absolute atomic E-state index is 0.147. The molecule has 0 saturated heterocycles. The second-order valence-corrected chi connectivity index (χ2v) is 14.5. The Morgan fingerprint density at radius 2 is 0.904 bits per heavy atom. The second kappa shape index (κ2) is 11.8. The van der Waals surface area contributed by atoms with Crippen molar-refractivity contribution >= 4 is 49.4 Å². The average Bonchev–Trinajstić information content (AvgIpc) is 3.45. The lowest BCUT2D eigenvalue weighted by Crippen LogP contribution is -2.16. The van der Waals surface area contributed by atoms with Gasteiger partial charge in [-0.2, -0.15) is 0 Å². The van der Waals surface area contributed by atoms with E-state index in [0.29, 0.717) is 0 Å². The van der Waals surface area contributed by atoms with E-state index in [1.54, 1.807) is 0 Å². The molecule has 0 spiro atoms. The third kappa shape index (κ3) is 4.70. The van der Waals surface area contributed by atoms with Crippen molar-refractivity contribution in [2.45, 2.75) is 19.3 Å². The van der Waals surface area contributed by atoms with E-state index in [1.807, 2.05) is 0 Å². The molecule has 0 saturated carbocycles. The van der Waals surface area contributed by atoms with Crippen LogP contribution in [0.25, 0.3) is 65.7 Å². The lowest BCUT2D eigenvalue weighted by Gasteiger charge is -2.30. The number of rotatable bonds is 5. The minimum Gasteiger partial charge on any atom is -0.310 e. The molecule has 9 aromatic rings. The Balaban J connectivity index is 1.20. The predicted molar refractivity (Wildman–Crippen MR) is 222 cm³/mol. The highest BCUT2D eigenvalue weighted by molar-refractivity contribution is 6.14. The maximum absolute atomic E-state index is 2.47. The SMILES string of the molecule is CC1(C)c2ccccc2-c2c(N(c3ccc(-c4ccccc4)cc3)c3ccc(-c4cc5ccccc5c5ccccc45)cc3)cc3ccccc3c21. The molecule has 52 heavy (non-hydrogen) atoms. The molecule has 0 unspecified atom stereocenters. The van der Waals surface area contributed by atoms with E-state index in [-0.39, 0.29) is 5.41 Å². The highest BCUT2D eigenvalue weighted by Gasteiger charge is 2.39. The van der Waals surface area contributed by atoms with E-state index in [2.05, 4.69) is 207 Å². The quantitative estimate of drug-likeness (QED) is 0.166. The molecule has 0 atom stereocenters. The maximum Gasteiger partial charge on any atom is 0.0549 e. The Morgan fingerprint density at radius 3 is 1.62 bits per heavy atom. The van der Waals surface area contributed by atoms with Gasteiger partial charge >= 0.3 is 0 Å². The third-order valence-electron chi connectivity index (χ3n) is 11.2. The molecule has 0 aliphatic heterocycles. The van der Waals surface area contributed by atoms with E-state index in [9.17, 15) is 0 Å². The van der Waals surface area contributed by atoms with Crippen LogP contribution in [-0.2, 0) is 5.41 Å². The second-order valence-electron chi connectivity index (χ2n) is 14.5. The summed E-state index contributed by atoms with van der Waals surface area (Å²) >= 11 is 0. The Labute approximate surface area is 305 Å². The fourth-order valence-electron chi connectivity index (χ4n) is 8.76. The van der Waals surface area contributed by atoms with Crippen LogP contribution in [0.5, 0.6) is 0 Å². The summed E-state index contributed by atoms with van der Waals surface area (Å²) in [6, 6.07) is 69.1. The molecule has 0 amide bonds. The molecule has 0 heterocycles. The topological polar surface area (TPSA) is 3.24 Å². The molecule has 0 bridgehead atoms. The average molecular weight is 664 g/mol. The van der Waals surface area contributed by atoms with Gasteiger partial charge in [0.05, 0.1) is 5.69 Å². The van der Waals surface area contributed by atoms with Crippen LogP contribution >= 0.6 is 0 Å². The number of nitrogens with zero attached hydrogens (tertiary/aromatic N) is 1. The van der Waals surface area contributed by atoms with Gasteiger partial charge in [0.1, 0.15) is 0 Å². The first-order chi connectivity index (χ1) is 25.6. The molecule has 10 rings (SSSR count). The Morgan fingerprint density at radius 1 is 0.385 bits per heavy atom. The Bertz CT molecular complexity index is 2790. The van der Waals surface area contributed by atoms with Crippen LogP contribution in [0, 0.1) is 0 Å². The van der Waals surface area contributed by atoms with Crippen LogP contribution in [0.4, 0.5) is 17.1 Å². The van der Waals surface area contributed by atoms with Crippen LogP contribution in [0.3, 0.4) is 0 Å². The number of fused-ring (bicyclic) bond motifs is 8. The van der Waals surface area contributed by atoms with Gasteiger partial charge in [0.25, 0.3) is 0 Å². The Hall–Kier alpha value is -6.44. The fraction of sp³-hybridized carbons (Fsp3) is 0.0588. The molecule has 0 radical (unpaired) electrons. The van der Waals surface area contributed by atoms with Crippen LogP contribution in [0.2, 0.25) is 0 Å². The summed E-state index contributed by atoms with van der Waals surface area (Å²) in [6.07, 6.45) is 0. The zero-order valence-electron chi connectivity index (χ0n) is 29.3. The summed E-state index contributed by atoms with van der Waals surface area (Å²) in [5, 5.41) is 7.68. The molecule has 1 aliphatic rings. The lowest BCUT2D eigenvalue weighted by atomic mass is 9.80. The maximum atomic E-state index is 2.47. The summed E-state index contributed by atoms with van der Waals surface area (Å²) in [5.41, 5.74) is 13.6. The lowest BCUT2D eigenvalue weighted by molar-refractivity contribution is 0.666. The van der Waals surface area contributed by atoms with E-state index in [4.69, 9.17) is 0 Å². The highest BCUT2D eigenvalue weighted by atomic mass is 15.1. The largest absolute Gasteiger partial charge is 0.310 e. The molecule has 1 aliphatic carbocycles. The highest BCUT2D eigenvalue weighted by Crippen LogP contribution is 2.56. The molecule has 0 aromatic heterocycles. The monoisotopic (exact) mass is 663 g/mol. The number of hydrogen-bond acceptors (Lipinski definition) is 1. The molecule has 1 nitrogen and oxygen atoms in total. The van der Waals surface area contributed by atoms with Gasteiger partial charge in [-0.15, -0.1) is 0 Å². The van der Waals surface area contributed by atoms with Crippen LogP contribution in [0.1, 0.15) is 25.0 Å². The first kappa shape index (κ1) is 30.4. The van der Waals surface area contributed by atoms with E-state index >= 15 is 0 Å². The summed E-state index contributed by atoms with van der Waals surface area (Å²) < 4.78 is 0. The van der Waals surface area contributed by atoms with E-state index in [0.717, 1.165) is 11.4 Å². The summed E-state index contributed by atoms with van der Waals surface area (Å²) in [5.74, 6) is 0. The van der Waals surface area contributed by atoms with Gasteiger partial charge in [-0.25, -0.2) is 0 Å². The molecule has 9 aromatic carbocycles. The normalized spacial score (nSPS) is 13.0. The van der Waals surface area contributed by atoms with E-state index < -0.39 is 0 Å². The van der Waals surface area contributed by atoms with Crippen molar-refractivity contribution in [3.63, 3.8) is 0 Å². The van der Waals surface area contributed by atoms with Crippen LogP contribution < -0.4 is 4.90 Å². The van der Waals surface area contributed by atoms with Gasteiger partial charge in [0.2, 0.25) is 0 Å². The first-order valence-corrected chi connectivity index (χ1v) is 18.2. The van der Waals surface area contributed by atoms with E-state index in [1.165, 1.54) is 82.5 Å². The first-order valence-electron chi connectivity index (χ1n) is 18.2. The van der Waals surface area contributed by atoms with Crippen molar-refractivity contribution in [2.75, 3.05) is 4.90 Å². The van der Waals surface area contributed by atoms with Crippen LogP contribution in [-0.4, -0.2) is 0 Å². The minimum atomic E-state index is -0.147. The molecular formula is C51H37N. The van der Waals surface area contributed by atoms with Gasteiger partial charge < -0.3 is 4.90 Å². The Kier molecular flexibility index (Phi) is 6.91. The summed E-state index contributed by atoms with van der Waals surface area (Å²) in [4.78, 5) is 2.47. The summed E-state index contributed by atoms with van der Waals surface area (Å²) in [7, 11) is 0. The fourth-order valence-corrected chi connectivity index (χ4v) is 8.76. The van der Waals surface area contributed by atoms with Gasteiger partial charge in [-0.3, -0.25) is 0 Å². The predicted octanol–water partition coefficient (Wildman–Crippen LogP) is 14.3. The third-order valence-corrected chi connectivity index (χ3v) is 11.2. The van der Waals surface area contributed by atoms with Gasteiger partial charge in [0.15, 0.2) is 0 Å². The van der Waals surface area contributed by atoms with Crippen molar-refractivity contribution in [1.82, 2.24) is 0 Å². The van der Waals surface area contributed by atoms with Gasteiger partial charge in [-0.05, 0) is 108 Å². The van der Waals surface area contributed by atoms with Crippen molar-refractivity contribution in [2.24, 2.45) is 0 Å². The molecular weight excluding hydrogens is 627 g/mol. The van der Waals surface area contributed by atoms with Gasteiger partial charge in [0, 0.05) is 22.4 Å². The molecule has 1 heteroatoms. The van der Waals surface area contributed by atoms with Crippen LogP contribution in [0.15, 0.2) is 188 Å². The van der Waals surface area contributed by atoms with Crippen molar-refractivity contribution in [3.8, 4) is 33.4 Å². The zero-order valence-corrected chi connectivity index (χ0v) is 29.3. The standard InChI is InChI=1S/C51H37N/c1-51(2)47-23-13-12-22-45(47)49-48(33-38-17-7-9-19-42(38)50(49)51)52(39-28-24-35(25-29-39)34-14-4-3-5-15-34)40-30-26-36(27-31-40)46-32-37-16-6-8-18-41(37)43-20-10-11-21-44(43)46/h3-33H,1-2H3. The van der Waals surface area contributed by atoms with Crippen molar-refractivity contribution in [1.29, 1.82) is 0 Å². The number of benzene rings is 9. The number of hydrogen-bond donors (Lipinski definition) is 0. The molecule has 246 valence electrons. The van der Waals surface area contributed by atoms with Crippen molar-refractivity contribution in [3.05, 3.63) is 199 Å². The summed E-state index contributed by atoms with van der Waals surface area (Å²) in [6.45, 7) is 4.77. The smallest absolute Gasteiger partial charge is 0.0549 e.